The first kappa shape index (κ1) is 25.4. The third kappa shape index (κ3) is 5.81. The van der Waals surface area contributed by atoms with E-state index in [0.717, 1.165) is 19.3 Å². The number of carbonyl (C=O) groups excluding carboxylic acids is 1. The summed E-state index contributed by atoms with van der Waals surface area (Å²) in [5, 5.41) is 3.88. The van der Waals surface area contributed by atoms with Gasteiger partial charge in [0.05, 0.1) is 6.42 Å². The molecule has 3 heterocycles. The molecular weight excluding hydrogens is 440 g/mol. The lowest BCUT2D eigenvalue weighted by molar-refractivity contribution is -0.149. The molecule has 0 amide bonds. The van der Waals surface area contributed by atoms with Crippen molar-refractivity contribution in [3.05, 3.63) is 38.4 Å². The minimum absolute atomic E-state index is 0.0544. The van der Waals surface area contributed by atoms with Gasteiger partial charge in [0, 0.05) is 25.9 Å². The fourth-order valence-electron chi connectivity index (χ4n) is 3.77. The van der Waals surface area contributed by atoms with E-state index in [9.17, 15) is 14.4 Å². The predicted octanol–water partition coefficient (Wildman–Crippen LogP) is 2.91. The first-order chi connectivity index (χ1) is 16.2. The molecule has 0 aliphatic heterocycles. The molecule has 1 N–H and O–H groups in total. The summed E-state index contributed by atoms with van der Waals surface area (Å²) >= 11 is 0. The number of nitrogens with one attached hydrogen (secondary N) is 1. The molecule has 3 rings (SSSR count). The van der Waals surface area contributed by atoms with E-state index in [1.807, 2.05) is 32.3 Å². The van der Waals surface area contributed by atoms with Crippen LogP contribution in [0, 0.1) is 5.92 Å². The second kappa shape index (κ2) is 11.3. The van der Waals surface area contributed by atoms with Crippen LogP contribution in [0.5, 0.6) is 0 Å². The maximum atomic E-state index is 12.7. The summed E-state index contributed by atoms with van der Waals surface area (Å²) in [6.07, 6.45) is 2.92. The number of hydrogen-bond acceptors (Lipinski definition) is 8. The zero-order valence-corrected chi connectivity index (χ0v) is 20.6. The molecule has 0 aliphatic carbocycles. The third-order valence-corrected chi connectivity index (χ3v) is 5.41. The Morgan fingerprint density at radius 3 is 2.53 bits per heavy atom. The number of rotatable bonds is 12. The monoisotopic (exact) mass is 474 g/mol. The zero-order chi connectivity index (χ0) is 24.8. The number of unbranched alkanes of at least 4 members (excludes halogenated alkanes) is 1. The largest absolute Gasteiger partial charge is 0.453 e. The van der Waals surface area contributed by atoms with Crippen molar-refractivity contribution in [2.75, 3.05) is 0 Å². The van der Waals surface area contributed by atoms with E-state index < -0.39 is 23.3 Å². The van der Waals surface area contributed by atoms with Gasteiger partial charge in [-0.05, 0) is 25.7 Å². The average Bonchev–Trinajstić information content (AvgIpc) is 3.37. The van der Waals surface area contributed by atoms with Gasteiger partial charge in [-0.2, -0.15) is 4.98 Å². The fourth-order valence-corrected chi connectivity index (χ4v) is 3.77. The minimum atomic E-state index is -0.665. The first-order valence-electron chi connectivity index (χ1n) is 12.0. The van der Waals surface area contributed by atoms with Crippen molar-refractivity contribution in [2.24, 2.45) is 5.92 Å². The average molecular weight is 475 g/mol. The number of aromatic amines is 1. The number of H-pyrrole nitrogens is 1. The van der Waals surface area contributed by atoms with Gasteiger partial charge in [0.1, 0.15) is 5.82 Å². The lowest BCUT2D eigenvalue weighted by Gasteiger charge is -2.12. The number of carbonyl (C=O) groups is 1. The molecule has 186 valence electrons. The lowest BCUT2D eigenvalue weighted by Crippen LogP contribution is -2.31. The van der Waals surface area contributed by atoms with Gasteiger partial charge in [0.2, 0.25) is 0 Å². The van der Waals surface area contributed by atoms with Gasteiger partial charge in [-0.3, -0.25) is 19.1 Å². The van der Waals surface area contributed by atoms with Crippen molar-refractivity contribution in [1.82, 2.24) is 29.2 Å². The van der Waals surface area contributed by atoms with Gasteiger partial charge in [-0.15, -0.1) is 0 Å². The summed E-state index contributed by atoms with van der Waals surface area (Å²) in [6.45, 7) is 10.8. The van der Waals surface area contributed by atoms with Crippen LogP contribution < -0.4 is 11.2 Å². The van der Waals surface area contributed by atoms with E-state index >= 15 is 0 Å². The Balaban J connectivity index is 1.82. The summed E-state index contributed by atoms with van der Waals surface area (Å²) in [4.78, 5) is 49.0. The highest BCUT2D eigenvalue weighted by Gasteiger charge is 2.22. The standard InChI is InChI=1S/C23H34N6O5/c1-6-8-12-28-20-19(21(31)26-23(28)32)29(13-14(3)4)17(25-20)10-11-18(30)33-15(5)22-24-16(9-7-2)27-34-22/h14-15H,6-13H2,1-5H3,(H,26,31,32). The van der Waals surface area contributed by atoms with Crippen molar-refractivity contribution in [2.45, 2.75) is 92.3 Å². The smallest absolute Gasteiger partial charge is 0.330 e. The Kier molecular flexibility index (Phi) is 8.41. The zero-order valence-electron chi connectivity index (χ0n) is 20.6. The van der Waals surface area contributed by atoms with Crippen LogP contribution in [0.25, 0.3) is 11.2 Å². The maximum absolute atomic E-state index is 12.7. The van der Waals surface area contributed by atoms with E-state index in [1.54, 1.807) is 6.92 Å². The number of aromatic nitrogens is 6. The quantitative estimate of drug-likeness (QED) is 0.396. The van der Waals surface area contributed by atoms with Crippen molar-refractivity contribution >= 4 is 17.1 Å². The summed E-state index contributed by atoms with van der Waals surface area (Å²) in [5.41, 5.74) is -0.228. The molecule has 0 bridgehead atoms. The Morgan fingerprint density at radius 1 is 1.09 bits per heavy atom. The molecular formula is C23H34N6O5. The maximum Gasteiger partial charge on any atom is 0.330 e. The molecule has 0 aliphatic rings. The third-order valence-electron chi connectivity index (χ3n) is 5.41. The second-order valence-electron chi connectivity index (χ2n) is 8.90. The highest BCUT2D eigenvalue weighted by molar-refractivity contribution is 5.72. The number of ether oxygens (including phenoxy) is 1. The van der Waals surface area contributed by atoms with Crippen LogP contribution in [0.4, 0.5) is 0 Å². The van der Waals surface area contributed by atoms with Crippen molar-refractivity contribution in [1.29, 1.82) is 0 Å². The SMILES string of the molecule is CCCCn1c(=O)[nH]c(=O)c2c1nc(CCC(=O)OC(C)c1nc(CCC)no1)n2CC(C)C. The molecule has 1 unspecified atom stereocenters. The molecule has 11 heteroatoms. The number of aryl methyl sites for hydroxylation is 3. The topological polar surface area (TPSA) is 138 Å². The van der Waals surface area contributed by atoms with Gasteiger partial charge in [0.25, 0.3) is 11.4 Å². The van der Waals surface area contributed by atoms with E-state index in [0.29, 0.717) is 42.3 Å². The predicted molar refractivity (Wildman–Crippen MR) is 125 cm³/mol. The summed E-state index contributed by atoms with van der Waals surface area (Å²) < 4.78 is 14.0. The molecule has 0 spiro atoms. The molecule has 0 aromatic carbocycles. The van der Waals surface area contributed by atoms with Gasteiger partial charge in [0.15, 0.2) is 23.1 Å². The minimum Gasteiger partial charge on any atom is -0.453 e. The molecule has 0 radical (unpaired) electrons. The van der Waals surface area contributed by atoms with E-state index in [4.69, 9.17) is 9.26 Å². The number of fused-ring (bicyclic) bond motifs is 1. The Hall–Kier alpha value is -3.24. The van der Waals surface area contributed by atoms with E-state index in [-0.39, 0.29) is 24.7 Å². The van der Waals surface area contributed by atoms with E-state index in [2.05, 4.69) is 20.1 Å². The van der Waals surface area contributed by atoms with Crippen LogP contribution in [0.1, 0.15) is 83.9 Å². The van der Waals surface area contributed by atoms with Crippen LogP contribution in [-0.4, -0.2) is 35.2 Å². The molecule has 1 atom stereocenters. The summed E-state index contributed by atoms with van der Waals surface area (Å²) in [5.74, 6) is 1.20. The highest BCUT2D eigenvalue weighted by Crippen LogP contribution is 2.19. The highest BCUT2D eigenvalue weighted by atomic mass is 16.6. The molecule has 0 fully saturated rings. The van der Waals surface area contributed by atoms with Crippen LogP contribution in [0.2, 0.25) is 0 Å². The van der Waals surface area contributed by atoms with Crippen LogP contribution in [-0.2, 0) is 35.5 Å². The lowest BCUT2D eigenvalue weighted by atomic mass is 10.2. The number of hydrogen-bond donors (Lipinski definition) is 1. The van der Waals surface area contributed by atoms with Crippen LogP contribution in [0.15, 0.2) is 14.1 Å². The Labute approximate surface area is 197 Å². The molecule has 34 heavy (non-hydrogen) atoms. The molecule has 0 saturated heterocycles. The second-order valence-corrected chi connectivity index (χ2v) is 8.90. The molecule has 11 nitrogen and oxygen atoms in total. The molecule has 0 saturated carbocycles. The number of imidazole rings is 1. The van der Waals surface area contributed by atoms with Gasteiger partial charge >= 0.3 is 11.7 Å². The van der Waals surface area contributed by atoms with Gasteiger partial charge in [-0.25, -0.2) is 9.78 Å². The van der Waals surface area contributed by atoms with Crippen molar-refractivity contribution < 1.29 is 14.1 Å². The van der Waals surface area contributed by atoms with Crippen molar-refractivity contribution in [3.8, 4) is 0 Å². The van der Waals surface area contributed by atoms with E-state index in [1.165, 1.54) is 4.57 Å². The number of esters is 1. The summed E-state index contributed by atoms with van der Waals surface area (Å²) in [7, 11) is 0. The Morgan fingerprint density at radius 2 is 1.85 bits per heavy atom. The van der Waals surface area contributed by atoms with Gasteiger partial charge < -0.3 is 13.8 Å². The first-order valence-corrected chi connectivity index (χ1v) is 12.0. The number of nitrogens with zero attached hydrogens (tertiary/aromatic N) is 5. The van der Waals surface area contributed by atoms with Crippen LogP contribution in [0.3, 0.4) is 0 Å². The normalized spacial score (nSPS) is 12.5. The van der Waals surface area contributed by atoms with Gasteiger partial charge in [-0.1, -0.05) is 39.3 Å². The molecule has 3 aromatic heterocycles. The Bertz CT molecular complexity index is 1230. The van der Waals surface area contributed by atoms with Crippen molar-refractivity contribution in [3.63, 3.8) is 0 Å². The molecule has 3 aromatic rings. The van der Waals surface area contributed by atoms with Crippen LogP contribution >= 0.6 is 0 Å². The fraction of sp³-hybridized carbons (Fsp3) is 0.652. The summed E-state index contributed by atoms with van der Waals surface area (Å²) in [6, 6.07) is 0.